The van der Waals surface area contributed by atoms with Crippen LogP contribution in [0, 0.1) is 13.8 Å². The number of hydrogen-bond donors (Lipinski definition) is 0. The van der Waals surface area contributed by atoms with Gasteiger partial charge in [0.2, 0.25) is 11.2 Å². The summed E-state index contributed by atoms with van der Waals surface area (Å²) in [7, 11) is 0. The number of carbonyl (C=O) groups is 1. The Morgan fingerprint density at radius 1 is 0.842 bits per heavy atom. The lowest BCUT2D eigenvalue weighted by Crippen LogP contribution is -2.18. The minimum absolute atomic E-state index is 0.0767. The molecule has 1 heterocycles. The SMILES string of the molecule is Cc1ccc(OCC(=O)Oc2ccc3c(=O)c(-c4cccc5ccccc45)c(C(F)(F)F)oc3c2)cc1C. The van der Waals surface area contributed by atoms with Crippen molar-refractivity contribution in [3.05, 3.63) is 106 Å². The van der Waals surface area contributed by atoms with Crippen LogP contribution < -0.4 is 14.9 Å². The van der Waals surface area contributed by atoms with Crippen LogP contribution in [-0.4, -0.2) is 12.6 Å². The monoisotopic (exact) mass is 518 g/mol. The fourth-order valence-electron chi connectivity index (χ4n) is 4.23. The fraction of sp³-hybridized carbons (Fsp3) is 0.133. The maximum atomic E-state index is 14.1. The van der Waals surface area contributed by atoms with Gasteiger partial charge in [0.05, 0.1) is 10.9 Å². The van der Waals surface area contributed by atoms with Crippen molar-refractivity contribution < 1.29 is 31.9 Å². The first kappa shape index (κ1) is 25.1. The smallest absolute Gasteiger partial charge is 0.450 e. The van der Waals surface area contributed by atoms with Crippen LogP contribution in [0.25, 0.3) is 32.9 Å². The number of aryl methyl sites for hydroxylation is 2. The second-order valence-electron chi connectivity index (χ2n) is 8.83. The van der Waals surface area contributed by atoms with Gasteiger partial charge in [-0.2, -0.15) is 13.2 Å². The number of ether oxygens (including phenoxy) is 2. The van der Waals surface area contributed by atoms with E-state index in [1.165, 1.54) is 18.2 Å². The summed E-state index contributed by atoms with van der Waals surface area (Å²) in [6.45, 7) is 3.43. The molecule has 0 amide bonds. The predicted octanol–water partition coefficient (Wildman–Crippen LogP) is 7.23. The zero-order chi connectivity index (χ0) is 27.0. The number of rotatable bonds is 5. The summed E-state index contributed by atoms with van der Waals surface area (Å²) < 4.78 is 58.3. The molecule has 1 aromatic heterocycles. The second-order valence-corrected chi connectivity index (χ2v) is 8.83. The zero-order valence-electron chi connectivity index (χ0n) is 20.4. The van der Waals surface area contributed by atoms with Crippen molar-refractivity contribution in [3.63, 3.8) is 0 Å². The molecule has 0 saturated heterocycles. The quantitative estimate of drug-likeness (QED) is 0.181. The van der Waals surface area contributed by atoms with Gasteiger partial charge in [0.25, 0.3) is 0 Å². The Labute approximate surface area is 215 Å². The van der Waals surface area contributed by atoms with Crippen molar-refractivity contribution >= 4 is 27.7 Å². The fourth-order valence-corrected chi connectivity index (χ4v) is 4.23. The first-order chi connectivity index (χ1) is 18.1. The second kappa shape index (κ2) is 9.70. The van der Waals surface area contributed by atoms with E-state index >= 15 is 0 Å². The highest BCUT2D eigenvalue weighted by molar-refractivity contribution is 5.98. The molecule has 5 rings (SSSR count). The van der Waals surface area contributed by atoms with Crippen molar-refractivity contribution in [3.8, 4) is 22.6 Å². The van der Waals surface area contributed by atoms with Gasteiger partial charge in [-0.1, -0.05) is 48.5 Å². The lowest BCUT2D eigenvalue weighted by atomic mass is 9.96. The first-order valence-electron chi connectivity index (χ1n) is 11.7. The van der Waals surface area contributed by atoms with Crippen molar-refractivity contribution in [2.75, 3.05) is 6.61 Å². The van der Waals surface area contributed by atoms with Crippen molar-refractivity contribution in [1.29, 1.82) is 0 Å². The standard InChI is InChI=1S/C30H21F3O5/c1-17-10-11-20(14-18(17)2)36-16-26(34)37-21-12-13-24-25(15-21)38-29(30(31,32)33)27(28(24)35)23-9-5-7-19-6-3-4-8-22(19)23/h3-15H,16H2,1-2H3. The summed E-state index contributed by atoms with van der Waals surface area (Å²) in [5.41, 5.74) is 0.402. The third-order valence-electron chi connectivity index (χ3n) is 6.25. The maximum Gasteiger partial charge on any atom is 0.450 e. The zero-order valence-corrected chi connectivity index (χ0v) is 20.4. The van der Waals surface area contributed by atoms with Gasteiger partial charge in [-0.15, -0.1) is 0 Å². The van der Waals surface area contributed by atoms with Gasteiger partial charge in [-0.3, -0.25) is 4.79 Å². The molecule has 5 aromatic rings. The van der Waals surface area contributed by atoms with Gasteiger partial charge >= 0.3 is 12.1 Å². The van der Waals surface area contributed by atoms with Gasteiger partial charge < -0.3 is 13.9 Å². The molecule has 0 saturated carbocycles. The minimum atomic E-state index is -4.95. The number of halogens is 3. The molecule has 0 spiro atoms. The largest absolute Gasteiger partial charge is 0.482 e. The van der Waals surface area contributed by atoms with Gasteiger partial charge in [-0.05, 0) is 65.6 Å². The Hall–Kier alpha value is -4.59. The molecule has 5 nitrogen and oxygen atoms in total. The number of hydrogen-bond acceptors (Lipinski definition) is 5. The number of benzene rings is 4. The summed E-state index contributed by atoms with van der Waals surface area (Å²) in [6.07, 6.45) is -4.95. The third-order valence-corrected chi connectivity index (χ3v) is 6.25. The van der Waals surface area contributed by atoms with Crippen molar-refractivity contribution in [2.45, 2.75) is 20.0 Å². The molecular formula is C30H21F3O5. The van der Waals surface area contributed by atoms with Crippen molar-refractivity contribution in [1.82, 2.24) is 0 Å². The van der Waals surface area contributed by atoms with E-state index < -0.39 is 35.5 Å². The van der Waals surface area contributed by atoms with Crippen LogP contribution in [0.5, 0.6) is 11.5 Å². The van der Waals surface area contributed by atoms with Crippen LogP contribution in [0.3, 0.4) is 0 Å². The molecule has 192 valence electrons. The molecule has 0 aliphatic carbocycles. The summed E-state index contributed by atoms with van der Waals surface area (Å²) in [5.74, 6) is -1.80. The average molecular weight is 518 g/mol. The Bertz CT molecular complexity index is 1750. The molecule has 0 bridgehead atoms. The number of carbonyl (C=O) groups excluding carboxylic acids is 1. The number of alkyl halides is 3. The minimum Gasteiger partial charge on any atom is -0.482 e. The normalized spacial score (nSPS) is 11.6. The Balaban J connectivity index is 1.50. The molecular weight excluding hydrogens is 497 g/mol. The third kappa shape index (κ3) is 4.85. The highest BCUT2D eigenvalue weighted by Gasteiger charge is 2.39. The van der Waals surface area contributed by atoms with E-state index in [1.807, 2.05) is 19.9 Å². The van der Waals surface area contributed by atoms with E-state index in [0.29, 0.717) is 16.5 Å². The number of esters is 1. The van der Waals surface area contributed by atoms with Crippen LogP contribution in [0.2, 0.25) is 0 Å². The average Bonchev–Trinajstić information content (AvgIpc) is 2.88. The topological polar surface area (TPSA) is 65.7 Å². The summed E-state index contributed by atoms with van der Waals surface area (Å²) in [4.78, 5) is 25.7. The van der Waals surface area contributed by atoms with Gasteiger partial charge in [0.1, 0.15) is 17.1 Å². The van der Waals surface area contributed by atoms with Crippen LogP contribution in [0.1, 0.15) is 16.9 Å². The summed E-state index contributed by atoms with van der Waals surface area (Å²) >= 11 is 0. The Morgan fingerprint density at radius 2 is 1.58 bits per heavy atom. The molecule has 8 heteroatoms. The molecule has 0 unspecified atom stereocenters. The molecule has 0 aliphatic rings. The molecule has 0 N–H and O–H groups in total. The van der Waals surface area contributed by atoms with Gasteiger partial charge in [0, 0.05) is 6.07 Å². The van der Waals surface area contributed by atoms with E-state index in [1.54, 1.807) is 48.5 Å². The van der Waals surface area contributed by atoms with Crippen LogP contribution >= 0.6 is 0 Å². The van der Waals surface area contributed by atoms with Crippen LogP contribution in [-0.2, 0) is 11.0 Å². The van der Waals surface area contributed by atoms with E-state index in [9.17, 15) is 22.8 Å². The Morgan fingerprint density at radius 3 is 2.34 bits per heavy atom. The highest BCUT2D eigenvalue weighted by Crippen LogP contribution is 2.39. The molecule has 4 aromatic carbocycles. The Kier molecular flexibility index (Phi) is 6.40. The molecule has 0 fully saturated rings. The lowest BCUT2D eigenvalue weighted by molar-refractivity contribution is -0.152. The maximum absolute atomic E-state index is 14.1. The molecule has 0 radical (unpaired) electrons. The van der Waals surface area contributed by atoms with Gasteiger partial charge in [-0.25, -0.2) is 4.79 Å². The van der Waals surface area contributed by atoms with E-state index in [2.05, 4.69) is 0 Å². The molecule has 0 atom stereocenters. The van der Waals surface area contributed by atoms with E-state index in [0.717, 1.165) is 17.2 Å². The predicted molar refractivity (Wildman–Crippen MR) is 137 cm³/mol. The van der Waals surface area contributed by atoms with Crippen LogP contribution in [0.4, 0.5) is 13.2 Å². The lowest BCUT2D eigenvalue weighted by Gasteiger charge is -2.15. The molecule has 0 aliphatic heterocycles. The summed E-state index contributed by atoms with van der Waals surface area (Å²) in [6, 6.07) is 20.7. The van der Waals surface area contributed by atoms with E-state index in [4.69, 9.17) is 13.9 Å². The molecule has 38 heavy (non-hydrogen) atoms. The highest BCUT2D eigenvalue weighted by atomic mass is 19.4. The number of fused-ring (bicyclic) bond motifs is 2. The van der Waals surface area contributed by atoms with E-state index in [-0.39, 0.29) is 22.3 Å². The van der Waals surface area contributed by atoms with Gasteiger partial charge in [0.15, 0.2) is 6.61 Å². The first-order valence-corrected chi connectivity index (χ1v) is 11.7. The van der Waals surface area contributed by atoms with Crippen LogP contribution in [0.15, 0.2) is 88.1 Å². The van der Waals surface area contributed by atoms with Crippen molar-refractivity contribution in [2.24, 2.45) is 0 Å². The summed E-state index contributed by atoms with van der Waals surface area (Å²) in [5, 5.41) is 1.09.